The number of rotatable bonds is 1. The van der Waals surface area contributed by atoms with E-state index < -0.39 is 11.6 Å². The second-order valence-electron chi connectivity index (χ2n) is 6.05. The first kappa shape index (κ1) is 13.7. The van der Waals surface area contributed by atoms with Gasteiger partial charge in [0.05, 0.1) is 0 Å². The van der Waals surface area contributed by atoms with Crippen molar-refractivity contribution in [3.63, 3.8) is 0 Å². The highest BCUT2D eigenvalue weighted by Crippen LogP contribution is 2.31. The third kappa shape index (κ3) is 2.42. The Morgan fingerprint density at radius 3 is 2.29 bits per heavy atom. The van der Waals surface area contributed by atoms with Crippen molar-refractivity contribution in [3.05, 3.63) is 53.6 Å². The molecule has 21 heavy (non-hydrogen) atoms. The molecule has 1 heterocycles. The molecule has 0 fully saturated rings. The van der Waals surface area contributed by atoms with Crippen molar-refractivity contribution in [1.82, 2.24) is 4.98 Å². The summed E-state index contributed by atoms with van der Waals surface area (Å²) in [6, 6.07) is 9.30. The van der Waals surface area contributed by atoms with E-state index in [9.17, 15) is 8.78 Å². The first-order valence-electron chi connectivity index (χ1n) is 6.72. The Balaban J connectivity index is 2.18. The summed E-state index contributed by atoms with van der Waals surface area (Å²) in [5, 5.41) is 0. The van der Waals surface area contributed by atoms with E-state index in [1.165, 1.54) is 18.2 Å². The zero-order valence-corrected chi connectivity index (χ0v) is 12.1. The van der Waals surface area contributed by atoms with Gasteiger partial charge < -0.3 is 4.42 Å². The summed E-state index contributed by atoms with van der Waals surface area (Å²) < 4.78 is 33.1. The summed E-state index contributed by atoms with van der Waals surface area (Å²) in [5.74, 6) is -1.40. The third-order valence-corrected chi connectivity index (χ3v) is 3.43. The van der Waals surface area contributed by atoms with Crippen LogP contribution < -0.4 is 0 Å². The van der Waals surface area contributed by atoms with Gasteiger partial charge in [0.25, 0.3) is 0 Å². The number of halogens is 2. The molecule has 0 saturated carbocycles. The third-order valence-electron chi connectivity index (χ3n) is 3.43. The molecule has 0 spiro atoms. The zero-order valence-electron chi connectivity index (χ0n) is 12.1. The molecule has 0 atom stereocenters. The Kier molecular flexibility index (Phi) is 3.04. The Morgan fingerprint density at radius 2 is 1.67 bits per heavy atom. The lowest BCUT2D eigenvalue weighted by Crippen LogP contribution is -2.10. The SMILES string of the molecule is CC(C)(C)c1ccc2oc(-c3c(F)cccc3F)nc2c1. The van der Waals surface area contributed by atoms with Gasteiger partial charge in [-0.1, -0.05) is 32.9 Å². The highest BCUT2D eigenvalue weighted by molar-refractivity contribution is 5.77. The fourth-order valence-electron chi connectivity index (χ4n) is 2.20. The van der Waals surface area contributed by atoms with Gasteiger partial charge in [-0.05, 0) is 35.2 Å². The molecule has 3 aromatic rings. The van der Waals surface area contributed by atoms with E-state index in [4.69, 9.17) is 4.42 Å². The lowest BCUT2D eigenvalue weighted by atomic mass is 9.87. The summed E-state index contributed by atoms with van der Waals surface area (Å²) in [6.45, 7) is 6.27. The molecule has 4 heteroatoms. The zero-order chi connectivity index (χ0) is 15.2. The number of hydrogen-bond acceptors (Lipinski definition) is 2. The minimum atomic E-state index is -0.683. The lowest BCUT2D eigenvalue weighted by molar-refractivity contribution is 0.560. The normalized spacial score (nSPS) is 12.0. The molecule has 2 aromatic carbocycles. The molecule has 0 amide bonds. The largest absolute Gasteiger partial charge is 0.436 e. The second kappa shape index (κ2) is 4.65. The van der Waals surface area contributed by atoms with Crippen LogP contribution in [0, 0.1) is 11.6 Å². The van der Waals surface area contributed by atoms with Crippen LogP contribution in [-0.4, -0.2) is 4.98 Å². The molecule has 0 aliphatic rings. The van der Waals surface area contributed by atoms with Crippen LogP contribution in [0.15, 0.2) is 40.8 Å². The number of benzene rings is 2. The molecule has 0 unspecified atom stereocenters. The molecule has 2 nitrogen and oxygen atoms in total. The average molecular weight is 287 g/mol. The van der Waals surface area contributed by atoms with E-state index >= 15 is 0 Å². The molecule has 0 aliphatic heterocycles. The van der Waals surface area contributed by atoms with Crippen molar-refractivity contribution in [2.24, 2.45) is 0 Å². The van der Waals surface area contributed by atoms with Gasteiger partial charge in [-0.25, -0.2) is 13.8 Å². The Morgan fingerprint density at radius 1 is 1.00 bits per heavy atom. The van der Waals surface area contributed by atoms with Crippen molar-refractivity contribution in [1.29, 1.82) is 0 Å². The number of fused-ring (bicyclic) bond motifs is 1. The van der Waals surface area contributed by atoms with Crippen molar-refractivity contribution < 1.29 is 13.2 Å². The molecule has 108 valence electrons. The predicted molar refractivity (Wildman–Crippen MR) is 78.1 cm³/mol. The topological polar surface area (TPSA) is 26.0 Å². The molecular weight excluding hydrogens is 272 g/mol. The predicted octanol–water partition coefficient (Wildman–Crippen LogP) is 5.07. The van der Waals surface area contributed by atoms with Crippen molar-refractivity contribution in [3.8, 4) is 11.5 Å². The number of oxazole rings is 1. The van der Waals surface area contributed by atoms with Crippen LogP contribution in [0.5, 0.6) is 0 Å². The fraction of sp³-hybridized carbons (Fsp3) is 0.235. The summed E-state index contributed by atoms with van der Waals surface area (Å²) in [7, 11) is 0. The van der Waals surface area contributed by atoms with Gasteiger partial charge in [-0.3, -0.25) is 0 Å². The molecule has 0 saturated heterocycles. The molecule has 0 N–H and O–H groups in total. The van der Waals surface area contributed by atoms with E-state index in [0.717, 1.165) is 5.56 Å². The maximum Gasteiger partial charge on any atom is 0.233 e. The van der Waals surface area contributed by atoms with Gasteiger partial charge in [0.1, 0.15) is 22.7 Å². The minimum absolute atomic E-state index is 0.0312. The van der Waals surface area contributed by atoms with E-state index in [1.54, 1.807) is 6.07 Å². The maximum absolute atomic E-state index is 13.8. The number of aromatic nitrogens is 1. The van der Waals surface area contributed by atoms with Gasteiger partial charge >= 0.3 is 0 Å². The standard InChI is InChI=1S/C17H15F2NO/c1-17(2,3)10-7-8-14-13(9-10)20-16(21-14)15-11(18)5-4-6-12(15)19/h4-9H,1-3H3. The second-order valence-corrected chi connectivity index (χ2v) is 6.05. The van der Waals surface area contributed by atoms with Crippen LogP contribution in [0.4, 0.5) is 8.78 Å². The van der Waals surface area contributed by atoms with Gasteiger partial charge in [0.15, 0.2) is 5.58 Å². The van der Waals surface area contributed by atoms with Crippen LogP contribution in [0.3, 0.4) is 0 Å². The van der Waals surface area contributed by atoms with E-state index in [-0.39, 0.29) is 16.9 Å². The molecule has 1 aromatic heterocycles. The summed E-state index contributed by atoms with van der Waals surface area (Å²) in [5.41, 5.74) is 1.94. The Bertz CT molecular complexity index is 795. The smallest absolute Gasteiger partial charge is 0.233 e. The van der Waals surface area contributed by atoms with Gasteiger partial charge in [-0.2, -0.15) is 0 Å². The first-order valence-corrected chi connectivity index (χ1v) is 6.72. The maximum atomic E-state index is 13.8. The highest BCUT2D eigenvalue weighted by Gasteiger charge is 2.19. The quantitative estimate of drug-likeness (QED) is 0.624. The van der Waals surface area contributed by atoms with Gasteiger partial charge in [0.2, 0.25) is 5.89 Å². The molecule has 0 aliphatic carbocycles. The van der Waals surface area contributed by atoms with Gasteiger partial charge in [0, 0.05) is 0 Å². The van der Waals surface area contributed by atoms with Crippen molar-refractivity contribution in [2.45, 2.75) is 26.2 Å². The highest BCUT2D eigenvalue weighted by atomic mass is 19.1. The van der Waals surface area contributed by atoms with Crippen molar-refractivity contribution in [2.75, 3.05) is 0 Å². The fourth-order valence-corrected chi connectivity index (χ4v) is 2.20. The van der Waals surface area contributed by atoms with E-state index in [1.807, 2.05) is 12.1 Å². The number of nitrogens with zero attached hydrogens (tertiary/aromatic N) is 1. The van der Waals surface area contributed by atoms with Crippen LogP contribution in [0.2, 0.25) is 0 Å². The summed E-state index contributed by atoms with van der Waals surface area (Å²) in [6.07, 6.45) is 0. The van der Waals surface area contributed by atoms with E-state index in [0.29, 0.717) is 11.1 Å². The summed E-state index contributed by atoms with van der Waals surface area (Å²) in [4.78, 5) is 4.23. The molecule has 0 bridgehead atoms. The molecular formula is C17H15F2NO. The monoisotopic (exact) mass is 287 g/mol. The molecule has 3 rings (SSSR count). The Labute approximate surface area is 121 Å². The van der Waals surface area contributed by atoms with Crippen molar-refractivity contribution >= 4 is 11.1 Å². The summed E-state index contributed by atoms with van der Waals surface area (Å²) >= 11 is 0. The minimum Gasteiger partial charge on any atom is -0.436 e. The molecule has 0 radical (unpaired) electrons. The van der Waals surface area contributed by atoms with Crippen LogP contribution in [-0.2, 0) is 5.41 Å². The van der Waals surface area contributed by atoms with Crippen LogP contribution >= 0.6 is 0 Å². The Hall–Kier alpha value is -2.23. The lowest BCUT2D eigenvalue weighted by Gasteiger charge is -2.18. The first-order chi connectivity index (χ1) is 9.86. The number of hydrogen-bond donors (Lipinski definition) is 0. The average Bonchev–Trinajstić information content (AvgIpc) is 2.79. The van der Waals surface area contributed by atoms with Crippen LogP contribution in [0.1, 0.15) is 26.3 Å². The van der Waals surface area contributed by atoms with Gasteiger partial charge in [-0.15, -0.1) is 0 Å². The van der Waals surface area contributed by atoms with E-state index in [2.05, 4.69) is 25.8 Å². The van der Waals surface area contributed by atoms with Crippen LogP contribution in [0.25, 0.3) is 22.6 Å².